The van der Waals surface area contributed by atoms with Gasteiger partial charge in [0, 0.05) is 5.54 Å². The van der Waals surface area contributed by atoms with Crippen LogP contribution in [0.2, 0.25) is 0 Å². The van der Waals surface area contributed by atoms with Crippen LogP contribution in [0.15, 0.2) is 52.0 Å². The highest BCUT2D eigenvalue weighted by atomic mass is 79.9. The molecule has 0 aromatic heterocycles. The monoisotopic (exact) mass is 310 g/mol. The lowest BCUT2D eigenvalue weighted by Gasteiger charge is -2.10. The van der Waals surface area contributed by atoms with E-state index >= 15 is 0 Å². The Morgan fingerprint density at radius 3 is 2.82 bits per heavy atom. The zero-order valence-electron chi connectivity index (χ0n) is 9.41. The Morgan fingerprint density at radius 1 is 1.29 bits per heavy atom. The third-order valence-corrected chi connectivity index (χ3v) is 3.66. The molecule has 0 aliphatic heterocycles. The van der Waals surface area contributed by atoms with Crippen LogP contribution in [-0.2, 0) is 0 Å². The summed E-state index contributed by atoms with van der Waals surface area (Å²) in [5, 5.41) is 2.34. The van der Waals surface area contributed by atoms with E-state index in [9.17, 15) is 0 Å². The number of ether oxygens (including phenoxy) is 1. The van der Waals surface area contributed by atoms with Crippen LogP contribution in [0.25, 0.3) is 10.8 Å². The van der Waals surface area contributed by atoms with Crippen LogP contribution in [0.5, 0.6) is 5.75 Å². The van der Waals surface area contributed by atoms with Crippen molar-refractivity contribution in [2.75, 3.05) is 6.61 Å². The minimum Gasteiger partial charge on any atom is -0.488 e. The van der Waals surface area contributed by atoms with Crippen LogP contribution in [0.3, 0.4) is 0 Å². The van der Waals surface area contributed by atoms with Crippen molar-refractivity contribution in [3.63, 3.8) is 0 Å². The summed E-state index contributed by atoms with van der Waals surface area (Å²) < 4.78 is 6.68. The maximum atomic E-state index is 5.70. The first kappa shape index (κ1) is 12.5. The Labute approximate surface area is 114 Å². The second kappa shape index (κ2) is 5.56. The van der Waals surface area contributed by atoms with E-state index in [4.69, 9.17) is 16.3 Å². The first-order valence-corrected chi connectivity index (χ1v) is 6.51. The van der Waals surface area contributed by atoms with Gasteiger partial charge in [0.2, 0.25) is 0 Å². The van der Waals surface area contributed by atoms with Gasteiger partial charge in [0.1, 0.15) is 12.4 Å². The molecule has 0 fully saturated rings. The molecule has 0 unspecified atom stereocenters. The van der Waals surface area contributed by atoms with Gasteiger partial charge >= 0.3 is 0 Å². The highest BCUT2D eigenvalue weighted by molar-refractivity contribution is 9.10. The van der Waals surface area contributed by atoms with Gasteiger partial charge in [-0.25, -0.2) is 0 Å². The molecular formula is C14H12BrClO. The first-order chi connectivity index (χ1) is 8.22. The quantitative estimate of drug-likeness (QED) is 0.764. The highest BCUT2D eigenvalue weighted by Gasteiger charge is 2.05. The Morgan fingerprint density at radius 2 is 2.06 bits per heavy atom. The standard InChI is InChI=1S/C14H12BrClO/c1-10(8-16)9-17-13-7-6-11-4-2-3-5-12(11)14(13)15/h2-8H,9H2,1H3/b10-8-. The topological polar surface area (TPSA) is 9.23 Å². The van der Waals surface area contributed by atoms with Crippen molar-refractivity contribution in [2.24, 2.45) is 0 Å². The Kier molecular flexibility index (Phi) is 4.08. The predicted octanol–water partition coefficient (Wildman–Crippen LogP) is 5.12. The fraction of sp³-hybridized carbons (Fsp3) is 0.143. The van der Waals surface area contributed by atoms with Crippen molar-refractivity contribution in [3.8, 4) is 5.75 Å². The average Bonchev–Trinajstić information content (AvgIpc) is 2.38. The maximum Gasteiger partial charge on any atom is 0.134 e. The largest absolute Gasteiger partial charge is 0.488 e. The third-order valence-electron chi connectivity index (χ3n) is 2.47. The van der Waals surface area contributed by atoms with Crippen LogP contribution in [0, 0.1) is 0 Å². The van der Waals surface area contributed by atoms with E-state index in [1.54, 1.807) is 0 Å². The first-order valence-electron chi connectivity index (χ1n) is 5.28. The lowest BCUT2D eigenvalue weighted by molar-refractivity contribution is 0.351. The molecule has 0 aliphatic carbocycles. The molecule has 0 saturated heterocycles. The molecular weight excluding hydrogens is 300 g/mol. The molecule has 88 valence electrons. The summed E-state index contributed by atoms with van der Waals surface area (Å²) in [6.07, 6.45) is 0. The second-order valence-corrected chi connectivity index (χ2v) is 4.85. The van der Waals surface area contributed by atoms with E-state index in [1.807, 2.05) is 25.1 Å². The highest BCUT2D eigenvalue weighted by Crippen LogP contribution is 2.33. The molecule has 17 heavy (non-hydrogen) atoms. The summed E-state index contributed by atoms with van der Waals surface area (Å²) >= 11 is 9.18. The molecule has 0 heterocycles. The lowest BCUT2D eigenvalue weighted by atomic mass is 10.1. The van der Waals surface area contributed by atoms with Gasteiger partial charge in [0.05, 0.1) is 4.47 Å². The van der Waals surface area contributed by atoms with Crippen LogP contribution in [-0.4, -0.2) is 6.61 Å². The predicted molar refractivity (Wildman–Crippen MR) is 76.8 cm³/mol. The van der Waals surface area contributed by atoms with Crippen LogP contribution in [0.1, 0.15) is 6.92 Å². The molecule has 0 amide bonds. The van der Waals surface area contributed by atoms with Crippen molar-refractivity contribution >= 4 is 38.3 Å². The van der Waals surface area contributed by atoms with Crippen molar-refractivity contribution in [1.82, 2.24) is 0 Å². The van der Waals surface area contributed by atoms with E-state index in [-0.39, 0.29) is 0 Å². The molecule has 0 N–H and O–H groups in total. The fourth-order valence-electron chi connectivity index (χ4n) is 1.55. The number of fused-ring (bicyclic) bond motifs is 1. The Bertz CT molecular complexity index is 563. The van der Waals surface area contributed by atoms with Gasteiger partial charge in [0.15, 0.2) is 0 Å². The van der Waals surface area contributed by atoms with Crippen LogP contribution >= 0.6 is 27.5 Å². The molecule has 1 nitrogen and oxygen atoms in total. The van der Waals surface area contributed by atoms with Crippen molar-refractivity contribution in [1.29, 1.82) is 0 Å². The van der Waals surface area contributed by atoms with Crippen molar-refractivity contribution in [3.05, 3.63) is 52.0 Å². The number of benzene rings is 2. The number of hydrogen-bond acceptors (Lipinski definition) is 1. The smallest absolute Gasteiger partial charge is 0.134 e. The fourth-order valence-corrected chi connectivity index (χ4v) is 2.22. The average molecular weight is 312 g/mol. The zero-order chi connectivity index (χ0) is 12.3. The summed E-state index contributed by atoms with van der Waals surface area (Å²) in [6.45, 7) is 2.43. The SMILES string of the molecule is C/C(=C/Cl)COc1ccc2ccccc2c1Br. The molecule has 0 spiro atoms. The van der Waals surface area contributed by atoms with Gasteiger partial charge < -0.3 is 4.74 Å². The molecule has 0 bridgehead atoms. The lowest BCUT2D eigenvalue weighted by Crippen LogP contribution is -1.98. The van der Waals surface area contributed by atoms with E-state index in [0.29, 0.717) is 6.61 Å². The minimum absolute atomic E-state index is 0.500. The van der Waals surface area contributed by atoms with E-state index in [2.05, 4.69) is 34.1 Å². The maximum absolute atomic E-state index is 5.70. The third kappa shape index (κ3) is 2.82. The van der Waals surface area contributed by atoms with Gasteiger partial charge in [0.25, 0.3) is 0 Å². The van der Waals surface area contributed by atoms with E-state index in [0.717, 1.165) is 21.2 Å². The minimum atomic E-state index is 0.500. The van der Waals surface area contributed by atoms with Crippen molar-refractivity contribution < 1.29 is 4.74 Å². The summed E-state index contributed by atoms with van der Waals surface area (Å²) in [6, 6.07) is 12.2. The van der Waals surface area contributed by atoms with E-state index in [1.165, 1.54) is 10.9 Å². The Hall–Kier alpha value is -0.990. The number of halogens is 2. The van der Waals surface area contributed by atoms with Crippen LogP contribution < -0.4 is 4.74 Å². The molecule has 2 aromatic carbocycles. The van der Waals surface area contributed by atoms with Gasteiger partial charge in [-0.3, -0.25) is 0 Å². The van der Waals surface area contributed by atoms with Crippen molar-refractivity contribution in [2.45, 2.75) is 6.92 Å². The van der Waals surface area contributed by atoms with Gasteiger partial charge in [-0.1, -0.05) is 41.9 Å². The molecule has 0 radical (unpaired) electrons. The number of hydrogen-bond donors (Lipinski definition) is 0. The molecule has 2 rings (SSSR count). The molecule has 0 saturated carbocycles. The second-order valence-electron chi connectivity index (χ2n) is 3.84. The zero-order valence-corrected chi connectivity index (χ0v) is 11.8. The molecule has 0 aliphatic rings. The molecule has 0 atom stereocenters. The number of rotatable bonds is 3. The summed E-state index contributed by atoms with van der Waals surface area (Å²) in [5.74, 6) is 0.835. The summed E-state index contributed by atoms with van der Waals surface area (Å²) in [5.41, 5.74) is 2.53. The van der Waals surface area contributed by atoms with Gasteiger partial charge in [-0.05, 0) is 45.3 Å². The molecule has 3 heteroatoms. The summed E-state index contributed by atoms with van der Waals surface area (Å²) in [4.78, 5) is 0. The van der Waals surface area contributed by atoms with Gasteiger partial charge in [-0.2, -0.15) is 0 Å². The van der Waals surface area contributed by atoms with E-state index < -0.39 is 0 Å². The normalized spacial score (nSPS) is 11.8. The Balaban J connectivity index is 2.33. The molecule has 2 aromatic rings. The van der Waals surface area contributed by atoms with Crippen LogP contribution in [0.4, 0.5) is 0 Å². The summed E-state index contributed by atoms with van der Waals surface area (Å²) in [7, 11) is 0. The van der Waals surface area contributed by atoms with Gasteiger partial charge in [-0.15, -0.1) is 0 Å².